The van der Waals surface area contributed by atoms with Crippen LogP contribution in [0.5, 0.6) is 0 Å². The highest BCUT2D eigenvalue weighted by molar-refractivity contribution is 5.83. The van der Waals surface area contributed by atoms with Crippen LogP contribution in [0.4, 0.5) is 0 Å². The van der Waals surface area contributed by atoms with E-state index in [1.165, 1.54) is 0 Å². The topological polar surface area (TPSA) is 98.7 Å². The van der Waals surface area contributed by atoms with Crippen LogP contribution in [0.1, 0.15) is 73.1 Å². The molecule has 0 unspecified atom stereocenters. The molecule has 0 fully saturated rings. The van der Waals surface area contributed by atoms with E-state index in [1.807, 2.05) is 34.6 Å². The van der Waals surface area contributed by atoms with Gasteiger partial charge in [-0.15, -0.1) is 0 Å². The minimum absolute atomic E-state index is 0.00513. The van der Waals surface area contributed by atoms with Crippen LogP contribution >= 0.6 is 0 Å². The van der Waals surface area contributed by atoms with Crippen molar-refractivity contribution in [1.82, 2.24) is 15.7 Å². The molecule has 3 N–H and O–H groups in total. The number of rotatable bonds is 12. The summed E-state index contributed by atoms with van der Waals surface area (Å²) in [5.74, 6) is -0.635. The Hall–Kier alpha value is -1.63. The summed E-state index contributed by atoms with van der Waals surface area (Å²) < 4.78 is 0. The van der Waals surface area contributed by atoms with Gasteiger partial charge in [0.25, 0.3) is 0 Å². The van der Waals surface area contributed by atoms with E-state index in [0.29, 0.717) is 24.4 Å². The summed E-state index contributed by atoms with van der Waals surface area (Å²) in [6.07, 6.45) is 3.77. The zero-order valence-corrected chi connectivity index (χ0v) is 15.9. The average molecular weight is 345 g/mol. The van der Waals surface area contributed by atoms with Gasteiger partial charge in [-0.1, -0.05) is 20.8 Å². The summed E-state index contributed by atoms with van der Waals surface area (Å²) in [6.45, 7) is 10.7. The van der Waals surface area contributed by atoms with Crippen molar-refractivity contribution < 1.29 is 19.6 Å². The highest BCUT2D eigenvalue weighted by atomic mass is 16.5. The van der Waals surface area contributed by atoms with Crippen molar-refractivity contribution in [2.24, 2.45) is 0 Å². The van der Waals surface area contributed by atoms with Crippen LogP contribution in [0.2, 0.25) is 0 Å². The van der Waals surface area contributed by atoms with Crippen molar-refractivity contribution in [2.45, 2.75) is 78.7 Å². The molecule has 142 valence electrons. The number of amides is 3. The molecule has 0 aliphatic heterocycles. The molecule has 0 rings (SSSR count). The first-order valence-corrected chi connectivity index (χ1v) is 8.79. The van der Waals surface area contributed by atoms with Crippen molar-refractivity contribution in [3.63, 3.8) is 0 Å². The monoisotopic (exact) mass is 345 g/mol. The van der Waals surface area contributed by atoms with E-state index >= 15 is 0 Å². The summed E-state index contributed by atoms with van der Waals surface area (Å²) >= 11 is 0. The van der Waals surface area contributed by atoms with Crippen LogP contribution in [0.15, 0.2) is 0 Å². The number of nitrogens with zero attached hydrogens (tertiary/aromatic N) is 1. The van der Waals surface area contributed by atoms with Crippen LogP contribution in [-0.4, -0.2) is 47.1 Å². The molecule has 0 heterocycles. The van der Waals surface area contributed by atoms with E-state index in [0.717, 1.165) is 19.3 Å². The first-order chi connectivity index (χ1) is 11.3. The summed E-state index contributed by atoms with van der Waals surface area (Å²) in [5, 5.41) is 15.7. The Morgan fingerprint density at radius 2 is 1.75 bits per heavy atom. The third-order valence-corrected chi connectivity index (χ3v) is 3.49. The highest BCUT2D eigenvalue weighted by Gasteiger charge is 2.19. The molecule has 0 spiro atoms. The maximum atomic E-state index is 11.7. The Morgan fingerprint density at radius 1 is 1.12 bits per heavy atom. The largest absolute Gasteiger partial charge is 0.359 e. The zero-order valence-electron chi connectivity index (χ0n) is 15.9. The van der Waals surface area contributed by atoms with Gasteiger partial charge in [0.15, 0.2) is 0 Å². The number of hydrogen-bond donors (Lipinski definition) is 3. The summed E-state index contributed by atoms with van der Waals surface area (Å²) in [5.41, 5.74) is -0.283. The standard InChI is InChI=1S/C15H29N3O4.C2H6/c1-4-15(2,3)17-13(20)8-9-14(21)18(22)11-7-5-6-10-16-12-19;1-2/h12,22H,4-11H2,1-3H3,(H,16,19)(H,17,20);1-2H3. The fourth-order valence-electron chi connectivity index (χ4n) is 1.73. The molecule has 7 heteroatoms. The molecule has 0 saturated heterocycles. The maximum absolute atomic E-state index is 11.7. The van der Waals surface area contributed by atoms with Gasteiger partial charge in [0.05, 0.1) is 0 Å². The number of carbonyl (C=O) groups is 3. The van der Waals surface area contributed by atoms with Gasteiger partial charge in [0.1, 0.15) is 0 Å². The van der Waals surface area contributed by atoms with Crippen LogP contribution in [0, 0.1) is 0 Å². The van der Waals surface area contributed by atoms with E-state index < -0.39 is 5.91 Å². The first-order valence-electron chi connectivity index (χ1n) is 8.79. The molecule has 24 heavy (non-hydrogen) atoms. The molecule has 7 nitrogen and oxygen atoms in total. The molecule has 0 aromatic carbocycles. The predicted molar refractivity (Wildman–Crippen MR) is 94.5 cm³/mol. The van der Waals surface area contributed by atoms with Crippen LogP contribution in [0.25, 0.3) is 0 Å². The lowest BCUT2D eigenvalue weighted by Gasteiger charge is -2.24. The predicted octanol–water partition coefficient (Wildman–Crippen LogP) is 2.23. The van der Waals surface area contributed by atoms with E-state index in [9.17, 15) is 19.6 Å². The first kappa shape index (κ1) is 24.6. The fourth-order valence-corrected chi connectivity index (χ4v) is 1.73. The second-order valence-electron chi connectivity index (χ2n) is 5.94. The Morgan fingerprint density at radius 3 is 2.29 bits per heavy atom. The van der Waals surface area contributed by atoms with Crippen LogP contribution in [-0.2, 0) is 14.4 Å². The third-order valence-electron chi connectivity index (χ3n) is 3.49. The maximum Gasteiger partial charge on any atom is 0.246 e. The van der Waals surface area contributed by atoms with E-state index in [1.54, 1.807) is 0 Å². The van der Waals surface area contributed by atoms with Crippen LogP contribution < -0.4 is 10.6 Å². The minimum Gasteiger partial charge on any atom is -0.359 e. The SMILES string of the molecule is CC.CCC(C)(C)NC(=O)CCC(=O)N(O)CCCCCNC=O. The second-order valence-corrected chi connectivity index (χ2v) is 5.94. The van der Waals surface area contributed by atoms with Crippen molar-refractivity contribution in [3.8, 4) is 0 Å². The van der Waals surface area contributed by atoms with Crippen LogP contribution in [0.3, 0.4) is 0 Å². The van der Waals surface area contributed by atoms with Crippen molar-refractivity contribution in [3.05, 3.63) is 0 Å². The zero-order chi connectivity index (χ0) is 19.0. The van der Waals surface area contributed by atoms with Crippen molar-refractivity contribution in [1.29, 1.82) is 0 Å². The molecule has 0 radical (unpaired) electrons. The van der Waals surface area contributed by atoms with Gasteiger partial charge in [-0.2, -0.15) is 0 Å². The van der Waals surface area contributed by atoms with Crippen molar-refractivity contribution in [2.75, 3.05) is 13.1 Å². The fraction of sp³-hybridized carbons (Fsp3) is 0.824. The Bertz CT molecular complexity index is 360. The lowest BCUT2D eigenvalue weighted by molar-refractivity contribution is -0.166. The number of unbranched alkanes of at least 4 members (excludes halogenated alkanes) is 2. The molecule has 0 aromatic rings. The van der Waals surface area contributed by atoms with E-state index in [4.69, 9.17) is 0 Å². The molecule has 0 aromatic heterocycles. The Labute approximate surface area is 146 Å². The van der Waals surface area contributed by atoms with Crippen molar-refractivity contribution >= 4 is 18.2 Å². The second kappa shape index (κ2) is 14.9. The molecule has 0 saturated carbocycles. The van der Waals surface area contributed by atoms with Gasteiger partial charge in [0.2, 0.25) is 18.2 Å². The number of nitrogens with one attached hydrogen (secondary N) is 2. The molecule has 0 aliphatic carbocycles. The Balaban J connectivity index is 0. The van der Waals surface area contributed by atoms with E-state index in [-0.39, 0.29) is 30.8 Å². The molecular formula is C17H35N3O4. The number of hydroxylamine groups is 2. The van der Waals surface area contributed by atoms with Gasteiger partial charge in [-0.3, -0.25) is 19.6 Å². The molecular weight excluding hydrogens is 310 g/mol. The van der Waals surface area contributed by atoms with E-state index in [2.05, 4.69) is 10.6 Å². The summed E-state index contributed by atoms with van der Waals surface area (Å²) in [4.78, 5) is 33.4. The highest BCUT2D eigenvalue weighted by Crippen LogP contribution is 2.08. The minimum atomic E-state index is -0.449. The van der Waals surface area contributed by atoms with Gasteiger partial charge in [-0.05, 0) is 39.5 Å². The summed E-state index contributed by atoms with van der Waals surface area (Å²) in [6, 6.07) is 0. The lowest BCUT2D eigenvalue weighted by Crippen LogP contribution is -2.43. The number of carbonyl (C=O) groups excluding carboxylic acids is 3. The van der Waals surface area contributed by atoms with Gasteiger partial charge < -0.3 is 10.6 Å². The lowest BCUT2D eigenvalue weighted by atomic mass is 10.0. The normalized spacial score (nSPS) is 10.2. The number of hydrogen-bond acceptors (Lipinski definition) is 4. The molecule has 0 bridgehead atoms. The van der Waals surface area contributed by atoms with Gasteiger partial charge in [0, 0.05) is 31.5 Å². The molecule has 0 aliphatic rings. The molecule has 0 atom stereocenters. The van der Waals surface area contributed by atoms with Gasteiger partial charge in [-0.25, -0.2) is 5.06 Å². The average Bonchev–Trinajstić information content (AvgIpc) is 2.57. The smallest absolute Gasteiger partial charge is 0.246 e. The summed E-state index contributed by atoms with van der Waals surface area (Å²) in [7, 11) is 0. The Kier molecular flexibility index (Phi) is 15.3. The van der Waals surface area contributed by atoms with Gasteiger partial charge >= 0.3 is 0 Å². The quantitative estimate of drug-likeness (QED) is 0.219. The molecule has 3 amide bonds. The third kappa shape index (κ3) is 14.0.